The van der Waals surface area contributed by atoms with Gasteiger partial charge in [0.25, 0.3) is 0 Å². The molecule has 1 saturated heterocycles. The molecule has 5 heteroatoms. The number of nitrogens with one attached hydrogen (secondary N) is 2. The number of rotatable bonds is 3. The van der Waals surface area contributed by atoms with Gasteiger partial charge in [0.1, 0.15) is 6.04 Å². The monoisotopic (exact) mass is 242 g/mol. The summed E-state index contributed by atoms with van der Waals surface area (Å²) in [5.74, 6) is 0.208. The maximum Gasteiger partial charge on any atom is 0.239 e. The van der Waals surface area contributed by atoms with Crippen molar-refractivity contribution in [1.29, 1.82) is 0 Å². The summed E-state index contributed by atoms with van der Waals surface area (Å²) in [6.45, 7) is 2.42. The van der Waals surface area contributed by atoms with E-state index in [1.807, 2.05) is 0 Å². The highest BCUT2D eigenvalue weighted by Crippen LogP contribution is 2.23. The Morgan fingerprint density at radius 1 is 1.41 bits per heavy atom. The van der Waals surface area contributed by atoms with Crippen molar-refractivity contribution in [3.63, 3.8) is 0 Å². The summed E-state index contributed by atoms with van der Waals surface area (Å²) in [7, 11) is 0. The first-order valence-electron chi connectivity index (χ1n) is 6.54. The molecule has 1 heterocycles. The first kappa shape index (κ1) is 12.8. The molecule has 0 spiro atoms. The molecule has 1 aliphatic heterocycles. The third-order valence-electron chi connectivity index (χ3n) is 3.65. The van der Waals surface area contributed by atoms with Gasteiger partial charge in [-0.25, -0.2) is 0 Å². The van der Waals surface area contributed by atoms with Gasteiger partial charge >= 0.3 is 0 Å². The molecule has 1 aliphatic carbocycles. The molecule has 0 aromatic heterocycles. The lowest BCUT2D eigenvalue weighted by atomic mass is 9.86. The van der Waals surface area contributed by atoms with E-state index in [4.69, 9.17) is 4.74 Å². The van der Waals surface area contributed by atoms with Gasteiger partial charge in [-0.1, -0.05) is 12.8 Å². The maximum absolute atomic E-state index is 11.8. The number of hydrogen-bond acceptors (Lipinski definition) is 4. The van der Waals surface area contributed by atoms with Gasteiger partial charge in [0.05, 0.1) is 19.3 Å². The number of aliphatic hydroxyl groups is 1. The molecule has 2 rings (SSSR count). The van der Waals surface area contributed by atoms with Crippen molar-refractivity contribution >= 4 is 5.91 Å². The van der Waals surface area contributed by atoms with Crippen molar-refractivity contribution < 1.29 is 14.6 Å². The molecule has 0 aromatic rings. The first-order valence-corrected chi connectivity index (χ1v) is 6.54. The van der Waals surface area contributed by atoms with Crippen molar-refractivity contribution in [2.45, 2.75) is 37.8 Å². The smallest absolute Gasteiger partial charge is 0.239 e. The molecule has 3 N–H and O–H groups in total. The lowest BCUT2D eigenvalue weighted by Gasteiger charge is -2.29. The standard InChI is InChI=1S/C12H22N2O3/c15-11-4-2-1-3-9(11)7-14-12(16)10-8-17-6-5-13-10/h9-11,13,15H,1-8H2,(H,14,16). The average Bonchev–Trinajstić information content (AvgIpc) is 2.38. The molecule has 1 saturated carbocycles. The van der Waals surface area contributed by atoms with E-state index in [0.717, 1.165) is 32.2 Å². The van der Waals surface area contributed by atoms with E-state index in [0.29, 0.717) is 19.8 Å². The van der Waals surface area contributed by atoms with E-state index in [9.17, 15) is 9.90 Å². The van der Waals surface area contributed by atoms with Crippen LogP contribution in [0.2, 0.25) is 0 Å². The van der Waals surface area contributed by atoms with Gasteiger partial charge in [0.15, 0.2) is 0 Å². The van der Waals surface area contributed by atoms with Gasteiger partial charge in [-0.05, 0) is 12.8 Å². The summed E-state index contributed by atoms with van der Waals surface area (Å²) in [6.07, 6.45) is 3.88. The second-order valence-electron chi connectivity index (χ2n) is 4.94. The Kier molecular flexibility index (Phi) is 4.76. The second kappa shape index (κ2) is 6.33. The third-order valence-corrected chi connectivity index (χ3v) is 3.65. The van der Waals surface area contributed by atoms with Crippen molar-refractivity contribution in [2.75, 3.05) is 26.3 Å². The molecule has 17 heavy (non-hydrogen) atoms. The maximum atomic E-state index is 11.8. The molecule has 2 fully saturated rings. The number of carbonyl (C=O) groups excluding carboxylic acids is 1. The SMILES string of the molecule is O=C(NCC1CCCCC1O)C1COCCN1. The molecule has 98 valence electrons. The van der Waals surface area contributed by atoms with Gasteiger partial charge < -0.3 is 20.5 Å². The molecular weight excluding hydrogens is 220 g/mol. The van der Waals surface area contributed by atoms with Crippen LogP contribution in [0, 0.1) is 5.92 Å². The quantitative estimate of drug-likeness (QED) is 0.632. The average molecular weight is 242 g/mol. The van der Waals surface area contributed by atoms with Gasteiger partial charge in [-0.15, -0.1) is 0 Å². The van der Waals surface area contributed by atoms with Crippen LogP contribution in [0.5, 0.6) is 0 Å². The highest BCUT2D eigenvalue weighted by Gasteiger charge is 2.25. The lowest BCUT2D eigenvalue weighted by molar-refractivity contribution is -0.126. The predicted molar refractivity (Wildman–Crippen MR) is 63.6 cm³/mol. The van der Waals surface area contributed by atoms with Crippen LogP contribution in [0.4, 0.5) is 0 Å². The van der Waals surface area contributed by atoms with Crippen LogP contribution in [0.15, 0.2) is 0 Å². The van der Waals surface area contributed by atoms with Crippen LogP contribution < -0.4 is 10.6 Å². The Hall–Kier alpha value is -0.650. The summed E-state index contributed by atoms with van der Waals surface area (Å²) in [5, 5.41) is 15.8. The number of carbonyl (C=O) groups is 1. The topological polar surface area (TPSA) is 70.6 Å². The molecule has 1 amide bonds. The van der Waals surface area contributed by atoms with E-state index < -0.39 is 0 Å². The zero-order valence-electron chi connectivity index (χ0n) is 10.2. The molecule has 0 bridgehead atoms. The molecule has 0 aromatic carbocycles. The van der Waals surface area contributed by atoms with E-state index in [2.05, 4.69) is 10.6 Å². The van der Waals surface area contributed by atoms with Gasteiger partial charge in [-0.2, -0.15) is 0 Å². The Morgan fingerprint density at radius 3 is 2.94 bits per heavy atom. The number of ether oxygens (including phenoxy) is 1. The minimum atomic E-state index is -0.250. The first-order chi connectivity index (χ1) is 8.27. The largest absolute Gasteiger partial charge is 0.393 e. The summed E-state index contributed by atoms with van der Waals surface area (Å²) in [5.41, 5.74) is 0. The molecule has 0 radical (unpaired) electrons. The van der Waals surface area contributed by atoms with Crippen LogP contribution in [0.1, 0.15) is 25.7 Å². The highest BCUT2D eigenvalue weighted by molar-refractivity contribution is 5.81. The van der Waals surface area contributed by atoms with Crippen molar-refractivity contribution in [3.05, 3.63) is 0 Å². The number of hydrogen-bond donors (Lipinski definition) is 3. The zero-order chi connectivity index (χ0) is 12.1. The van der Waals surface area contributed by atoms with Crippen molar-refractivity contribution in [3.8, 4) is 0 Å². The van der Waals surface area contributed by atoms with Gasteiger partial charge in [0, 0.05) is 19.0 Å². The fourth-order valence-electron chi connectivity index (χ4n) is 2.51. The lowest BCUT2D eigenvalue weighted by Crippen LogP contribution is -2.52. The van der Waals surface area contributed by atoms with Crippen molar-refractivity contribution in [2.24, 2.45) is 5.92 Å². The molecular formula is C12H22N2O3. The fraction of sp³-hybridized carbons (Fsp3) is 0.917. The summed E-state index contributed by atoms with van der Waals surface area (Å²) < 4.78 is 5.24. The minimum Gasteiger partial charge on any atom is -0.393 e. The minimum absolute atomic E-state index is 0.0116. The van der Waals surface area contributed by atoms with Gasteiger partial charge in [0.2, 0.25) is 5.91 Å². The molecule has 5 nitrogen and oxygen atoms in total. The van der Waals surface area contributed by atoms with E-state index in [1.165, 1.54) is 0 Å². The Labute approximate surface area is 102 Å². The number of amides is 1. The molecule has 3 atom stereocenters. The van der Waals surface area contributed by atoms with Gasteiger partial charge in [-0.3, -0.25) is 4.79 Å². The van der Waals surface area contributed by atoms with E-state index in [-0.39, 0.29) is 24.0 Å². The third kappa shape index (κ3) is 3.66. The van der Waals surface area contributed by atoms with Crippen LogP contribution >= 0.6 is 0 Å². The summed E-state index contributed by atoms with van der Waals surface area (Å²) in [4.78, 5) is 11.8. The number of aliphatic hydroxyl groups excluding tert-OH is 1. The Bertz CT molecular complexity index is 254. The Balaban J connectivity index is 1.71. The molecule has 3 unspecified atom stereocenters. The number of morpholine rings is 1. The normalized spacial score (nSPS) is 34.3. The zero-order valence-corrected chi connectivity index (χ0v) is 10.2. The molecule has 2 aliphatic rings. The predicted octanol–water partition coefficient (Wildman–Crippen LogP) is -0.358. The van der Waals surface area contributed by atoms with Crippen LogP contribution in [-0.2, 0) is 9.53 Å². The fourth-order valence-corrected chi connectivity index (χ4v) is 2.51. The summed E-state index contributed by atoms with van der Waals surface area (Å²) in [6, 6.07) is -0.232. The second-order valence-corrected chi connectivity index (χ2v) is 4.94. The summed E-state index contributed by atoms with van der Waals surface area (Å²) >= 11 is 0. The van der Waals surface area contributed by atoms with Crippen LogP contribution in [-0.4, -0.2) is 49.5 Å². The van der Waals surface area contributed by atoms with Crippen molar-refractivity contribution in [1.82, 2.24) is 10.6 Å². The van der Waals surface area contributed by atoms with E-state index >= 15 is 0 Å². The van der Waals surface area contributed by atoms with Crippen LogP contribution in [0.3, 0.4) is 0 Å². The van der Waals surface area contributed by atoms with Crippen LogP contribution in [0.25, 0.3) is 0 Å². The Morgan fingerprint density at radius 2 is 2.24 bits per heavy atom. The van der Waals surface area contributed by atoms with E-state index in [1.54, 1.807) is 0 Å². The highest BCUT2D eigenvalue weighted by atomic mass is 16.5.